The van der Waals surface area contributed by atoms with Gasteiger partial charge >= 0.3 is 11.8 Å². The molecule has 0 radical (unpaired) electrons. The molecule has 0 aliphatic carbocycles. The highest BCUT2D eigenvalue weighted by molar-refractivity contribution is 9.10. The van der Waals surface area contributed by atoms with Crippen LogP contribution in [0.5, 0.6) is 0 Å². The molecule has 0 aromatic heterocycles. The lowest BCUT2D eigenvalue weighted by molar-refractivity contribution is -0.136. The molecule has 2 amide bonds. The molecule has 0 heterocycles. The topological polar surface area (TPSA) is 67.4 Å². The molecule has 0 fully saturated rings. The van der Waals surface area contributed by atoms with Crippen LogP contribution in [0.25, 0.3) is 0 Å². The van der Waals surface area contributed by atoms with Crippen molar-refractivity contribution in [2.75, 3.05) is 18.5 Å². The van der Waals surface area contributed by atoms with Crippen LogP contribution in [0.3, 0.4) is 0 Å². The van der Waals surface area contributed by atoms with E-state index >= 15 is 0 Å². The summed E-state index contributed by atoms with van der Waals surface area (Å²) in [7, 11) is 0. The molecule has 2 N–H and O–H groups in total. The van der Waals surface area contributed by atoms with Crippen LogP contribution in [0, 0.1) is 0 Å². The summed E-state index contributed by atoms with van der Waals surface area (Å²) in [6.07, 6.45) is 0.849. The first-order chi connectivity index (χ1) is 9.49. The molecule has 0 bridgehead atoms. The Hall–Kier alpha value is -1.40. The molecule has 20 heavy (non-hydrogen) atoms. The van der Waals surface area contributed by atoms with Gasteiger partial charge in [0.25, 0.3) is 0 Å². The van der Waals surface area contributed by atoms with Crippen molar-refractivity contribution >= 4 is 33.4 Å². The number of hydrogen-bond donors (Lipinski definition) is 2. The van der Waals surface area contributed by atoms with Gasteiger partial charge in [-0.05, 0) is 44.5 Å². The summed E-state index contributed by atoms with van der Waals surface area (Å²) in [6, 6.07) is 7.00. The van der Waals surface area contributed by atoms with E-state index in [1.807, 2.05) is 13.8 Å². The van der Waals surface area contributed by atoms with Gasteiger partial charge in [-0.15, -0.1) is 0 Å². The third-order valence-electron chi connectivity index (χ3n) is 2.37. The Morgan fingerprint density at radius 2 is 1.85 bits per heavy atom. The lowest BCUT2D eigenvalue weighted by Crippen LogP contribution is -2.36. The van der Waals surface area contributed by atoms with Crippen molar-refractivity contribution in [2.45, 2.75) is 26.4 Å². The Labute approximate surface area is 127 Å². The molecule has 6 heteroatoms. The largest absolute Gasteiger partial charge is 0.379 e. The standard InChI is InChI=1S/C14H19BrN2O3/c1-10(2)20-9-3-8-16-13(18)14(19)17-12-6-4-11(15)5-7-12/h4-7,10H,3,8-9H2,1-2H3,(H,16,18)(H,17,19). The number of hydrogen-bond acceptors (Lipinski definition) is 3. The number of ether oxygens (including phenoxy) is 1. The molecule has 5 nitrogen and oxygen atoms in total. The highest BCUT2D eigenvalue weighted by atomic mass is 79.9. The van der Waals surface area contributed by atoms with Gasteiger partial charge in [0.2, 0.25) is 0 Å². The van der Waals surface area contributed by atoms with Gasteiger partial charge in [0.15, 0.2) is 0 Å². The minimum Gasteiger partial charge on any atom is -0.379 e. The highest BCUT2D eigenvalue weighted by Crippen LogP contribution is 2.13. The van der Waals surface area contributed by atoms with Gasteiger partial charge in [-0.3, -0.25) is 9.59 Å². The fourth-order valence-corrected chi connectivity index (χ4v) is 1.66. The Bertz CT molecular complexity index is 446. The van der Waals surface area contributed by atoms with E-state index in [0.717, 1.165) is 4.47 Å². The zero-order valence-corrected chi connectivity index (χ0v) is 13.2. The second kappa shape index (κ2) is 8.71. The van der Waals surface area contributed by atoms with Gasteiger partial charge in [-0.2, -0.15) is 0 Å². The average Bonchev–Trinajstić information content (AvgIpc) is 2.40. The third kappa shape index (κ3) is 6.68. The zero-order chi connectivity index (χ0) is 15.0. The van der Waals surface area contributed by atoms with Crippen LogP contribution in [-0.4, -0.2) is 31.1 Å². The maximum absolute atomic E-state index is 11.6. The Kier molecular flexibility index (Phi) is 7.25. The van der Waals surface area contributed by atoms with Crippen molar-refractivity contribution in [3.63, 3.8) is 0 Å². The third-order valence-corrected chi connectivity index (χ3v) is 2.89. The van der Waals surface area contributed by atoms with Crippen LogP contribution in [-0.2, 0) is 14.3 Å². The van der Waals surface area contributed by atoms with Crippen molar-refractivity contribution in [3.8, 4) is 0 Å². The molecule has 1 aromatic rings. The number of anilines is 1. The molecule has 110 valence electrons. The van der Waals surface area contributed by atoms with Crippen molar-refractivity contribution in [3.05, 3.63) is 28.7 Å². The molecule has 1 aromatic carbocycles. The summed E-state index contributed by atoms with van der Waals surface area (Å²) in [4.78, 5) is 23.1. The van der Waals surface area contributed by atoms with Crippen molar-refractivity contribution in [1.82, 2.24) is 5.32 Å². The van der Waals surface area contributed by atoms with Crippen LogP contribution in [0.2, 0.25) is 0 Å². The first-order valence-electron chi connectivity index (χ1n) is 6.45. The SMILES string of the molecule is CC(C)OCCCNC(=O)C(=O)Nc1ccc(Br)cc1. The maximum atomic E-state index is 11.6. The van der Waals surface area contributed by atoms with Crippen LogP contribution >= 0.6 is 15.9 Å². The predicted molar refractivity (Wildman–Crippen MR) is 81.5 cm³/mol. The maximum Gasteiger partial charge on any atom is 0.313 e. The fraction of sp³-hybridized carbons (Fsp3) is 0.429. The summed E-state index contributed by atoms with van der Waals surface area (Å²) in [5.74, 6) is -1.31. The Morgan fingerprint density at radius 1 is 1.20 bits per heavy atom. The number of carbonyl (C=O) groups is 2. The number of carbonyl (C=O) groups excluding carboxylic acids is 2. The molecule has 0 saturated carbocycles. The van der Waals surface area contributed by atoms with Crippen LogP contribution < -0.4 is 10.6 Å². The van der Waals surface area contributed by atoms with Crippen LogP contribution in [0.1, 0.15) is 20.3 Å². The zero-order valence-electron chi connectivity index (χ0n) is 11.6. The smallest absolute Gasteiger partial charge is 0.313 e. The molecule has 0 spiro atoms. The number of halogens is 1. The van der Waals surface area contributed by atoms with Gasteiger partial charge < -0.3 is 15.4 Å². The van der Waals surface area contributed by atoms with Crippen molar-refractivity contribution < 1.29 is 14.3 Å². The molecule has 1 rings (SSSR count). The van der Waals surface area contributed by atoms with Gasteiger partial charge in [0.1, 0.15) is 0 Å². The van der Waals surface area contributed by atoms with Crippen LogP contribution in [0.4, 0.5) is 5.69 Å². The molecule has 0 unspecified atom stereocenters. The van der Waals surface area contributed by atoms with Gasteiger partial charge in [0, 0.05) is 23.3 Å². The van der Waals surface area contributed by atoms with Crippen molar-refractivity contribution in [2.24, 2.45) is 0 Å². The van der Waals surface area contributed by atoms with E-state index in [1.54, 1.807) is 24.3 Å². The first-order valence-corrected chi connectivity index (χ1v) is 7.24. The molecular formula is C14H19BrN2O3. The van der Waals surface area contributed by atoms with Gasteiger partial charge in [-0.25, -0.2) is 0 Å². The minimum absolute atomic E-state index is 0.173. The highest BCUT2D eigenvalue weighted by Gasteiger charge is 2.12. The molecule has 0 aliphatic heterocycles. The predicted octanol–water partition coefficient (Wildman–Crippen LogP) is 2.32. The molecule has 0 atom stereocenters. The van der Waals surface area contributed by atoms with E-state index < -0.39 is 11.8 Å². The van der Waals surface area contributed by atoms with E-state index in [2.05, 4.69) is 26.6 Å². The normalized spacial score (nSPS) is 10.4. The summed E-state index contributed by atoms with van der Waals surface area (Å²) in [5.41, 5.74) is 0.580. The Morgan fingerprint density at radius 3 is 2.45 bits per heavy atom. The minimum atomic E-state index is -0.669. The summed E-state index contributed by atoms with van der Waals surface area (Å²) < 4.78 is 6.24. The van der Waals surface area contributed by atoms with E-state index in [-0.39, 0.29) is 6.10 Å². The lowest BCUT2D eigenvalue weighted by Gasteiger charge is -2.08. The van der Waals surface area contributed by atoms with E-state index in [9.17, 15) is 9.59 Å². The second-order valence-electron chi connectivity index (χ2n) is 4.49. The molecular weight excluding hydrogens is 324 g/mol. The summed E-state index contributed by atoms with van der Waals surface area (Å²) in [5, 5.41) is 5.07. The second-order valence-corrected chi connectivity index (χ2v) is 5.41. The van der Waals surface area contributed by atoms with Gasteiger partial charge in [-0.1, -0.05) is 15.9 Å². The number of benzene rings is 1. The fourth-order valence-electron chi connectivity index (χ4n) is 1.39. The quantitative estimate of drug-likeness (QED) is 0.615. The number of rotatable bonds is 6. The van der Waals surface area contributed by atoms with Gasteiger partial charge in [0.05, 0.1) is 6.10 Å². The van der Waals surface area contributed by atoms with Crippen LogP contribution in [0.15, 0.2) is 28.7 Å². The molecule has 0 aliphatic rings. The number of amides is 2. The molecule has 0 saturated heterocycles. The van der Waals surface area contributed by atoms with Crippen molar-refractivity contribution in [1.29, 1.82) is 0 Å². The lowest BCUT2D eigenvalue weighted by atomic mass is 10.3. The Balaban J connectivity index is 2.25. The van der Waals surface area contributed by atoms with E-state index in [0.29, 0.717) is 25.3 Å². The average molecular weight is 343 g/mol. The van der Waals surface area contributed by atoms with E-state index in [1.165, 1.54) is 0 Å². The van der Waals surface area contributed by atoms with E-state index in [4.69, 9.17) is 4.74 Å². The summed E-state index contributed by atoms with van der Waals surface area (Å²) in [6.45, 7) is 4.88. The summed E-state index contributed by atoms with van der Waals surface area (Å²) >= 11 is 3.30. The number of nitrogens with one attached hydrogen (secondary N) is 2. The first kappa shape index (κ1) is 16.7. The monoisotopic (exact) mass is 342 g/mol.